The molecule has 3 rings (SSSR count). The maximum absolute atomic E-state index is 9.26. The van der Waals surface area contributed by atoms with E-state index < -0.39 is 0 Å². The fraction of sp³-hybridized carbons (Fsp3) is 0.0769. The molecule has 2 aromatic heterocycles. The Hall–Kier alpha value is -2.40. The number of rotatable bonds is 2. The second-order valence-corrected chi connectivity index (χ2v) is 3.97. The van der Waals surface area contributed by atoms with E-state index in [1.165, 1.54) is 0 Å². The normalized spacial score (nSPS) is 10.9. The van der Waals surface area contributed by atoms with Crippen molar-refractivity contribution in [3.8, 4) is 17.1 Å². The third kappa shape index (κ3) is 1.70. The van der Waals surface area contributed by atoms with Crippen molar-refractivity contribution in [3.63, 3.8) is 0 Å². The quantitative estimate of drug-likeness (QED) is 0.712. The summed E-state index contributed by atoms with van der Waals surface area (Å²) in [5, 5.41) is 13.7. The van der Waals surface area contributed by atoms with E-state index in [9.17, 15) is 5.11 Å². The average molecular weight is 240 g/mol. The van der Waals surface area contributed by atoms with Crippen molar-refractivity contribution >= 4 is 5.65 Å². The lowest BCUT2D eigenvalue weighted by Crippen LogP contribution is -2.04. The molecule has 18 heavy (non-hydrogen) atoms. The Bertz CT molecular complexity index is 688. The molecule has 0 bridgehead atoms. The van der Waals surface area contributed by atoms with Crippen LogP contribution in [0.3, 0.4) is 0 Å². The molecule has 0 radical (unpaired) electrons. The number of nitrogens with zero attached hydrogens (tertiary/aromatic N) is 3. The summed E-state index contributed by atoms with van der Waals surface area (Å²) < 4.78 is 1.74. The summed E-state index contributed by atoms with van der Waals surface area (Å²) in [7, 11) is 0. The Kier molecular flexibility index (Phi) is 2.46. The molecule has 5 heteroatoms. The van der Waals surface area contributed by atoms with Crippen LogP contribution in [0.2, 0.25) is 0 Å². The smallest absolute Gasteiger partial charge is 0.182 e. The third-order valence-electron chi connectivity index (χ3n) is 2.77. The van der Waals surface area contributed by atoms with Crippen molar-refractivity contribution < 1.29 is 5.11 Å². The summed E-state index contributed by atoms with van der Waals surface area (Å²) in [4.78, 5) is 4.44. The Balaban J connectivity index is 2.16. The first kappa shape index (κ1) is 10.7. The SMILES string of the molecule is NCc1cccc2nc(-c3ccc(O)cc3)nn12. The predicted molar refractivity (Wildman–Crippen MR) is 68.0 cm³/mol. The lowest BCUT2D eigenvalue weighted by atomic mass is 10.2. The second kappa shape index (κ2) is 4.12. The minimum absolute atomic E-state index is 0.227. The van der Waals surface area contributed by atoms with Gasteiger partial charge in [-0.05, 0) is 36.4 Å². The van der Waals surface area contributed by atoms with Crippen molar-refractivity contribution in [2.24, 2.45) is 5.73 Å². The number of phenolic OH excluding ortho intramolecular Hbond substituents is 1. The fourth-order valence-electron chi connectivity index (χ4n) is 1.85. The summed E-state index contributed by atoms with van der Waals surface area (Å²) in [6.45, 7) is 0.412. The first-order valence-electron chi connectivity index (χ1n) is 5.62. The van der Waals surface area contributed by atoms with Crippen LogP contribution in [0.15, 0.2) is 42.5 Å². The van der Waals surface area contributed by atoms with Gasteiger partial charge in [0.25, 0.3) is 0 Å². The number of pyridine rings is 1. The van der Waals surface area contributed by atoms with E-state index in [1.807, 2.05) is 18.2 Å². The van der Waals surface area contributed by atoms with Gasteiger partial charge in [-0.2, -0.15) is 0 Å². The lowest BCUT2D eigenvalue weighted by Gasteiger charge is -1.98. The molecule has 0 spiro atoms. The molecule has 90 valence electrons. The molecule has 0 aliphatic rings. The van der Waals surface area contributed by atoms with E-state index in [2.05, 4.69) is 10.1 Å². The van der Waals surface area contributed by atoms with E-state index in [1.54, 1.807) is 28.8 Å². The van der Waals surface area contributed by atoms with Crippen LogP contribution < -0.4 is 5.73 Å². The van der Waals surface area contributed by atoms with Gasteiger partial charge < -0.3 is 10.8 Å². The van der Waals surface area contributed by atoms with Gasteiger partial charge in [0, 0.05) is 12.1 Å². The maximum Gasteiger partial charge on any atom is 0.182 e. The van der Waals surface area contributed by atoms with E-state index in [4.69, 9.17) is 5.73 Å². The molecular weight excluding hydrogens is 228 g/mol. The average Bonchev–Trinajstić information content (AvgIpc) is 2.83. The van der Waals surface area contributed by atoms with E-state index in [0.717, 1.165) is 16.9 Å². The predicted octanol–water partition coefficient (Wildman–Crippen LogP) is 1.56. The summed E-state index contributed by atoms with van der Waals surface area (Å²) >= 11 is 0. The lowest BCUT2D eigenvalue weighted by molar-refractivity contribution is 0.475. The second-order valence-electron chi connectivity index (χ2n) is 3.97. The van der Waals surface area contributed by atoms with Crippen LogP contribution in [0.4, 0.5) is 0 Å². The molecule has 0 aliphatic carbocycles. The molecule has 0 atom stereocenters. The summed E-state index contributed by atoms with van der Waals surface area (Å²) in [5.41, 5.74) is 8.19. The van der Waals surface area contributed by atoms with Crippen molar-refractivity contribution in [3.05, 3.63) is 48.2 Å². The number of hydrogen-bond donors (Lipinski definition) is 2. The molecule has 3 N–H and O–H groups in total. The fourth-order valence-corrected chi connectivity index (χ4v) is 1.85. The molecule has 0 unspecified atom stereocenters. The zero-order chi connectivity index (χ0) is 12.5. The number of aromatic hydroxyl groups is 1. The van der Waals surface area contributed by atoms with Crippen LogP contribution in [-0.2, 0) is 6.54 Å². The van der Waals surface area contributed by atoms with Crippen LogP contribution in [0.1, 0.15) is 5.69 Å². The highest BCUT2D eigenvalue weighted by molar-refractivity contribution is 5.59. The summed E-state index contributed by atoms with van der Waals surface area (Å²) in [6.07, 6.45) is 0. The highest BCUT2D eigenvalue weighted by Crippen LogP contribution is 2.19. The van der Waals surface area contributed by atoms with Crippen LogP contribution >= 0.6 is 0 Å². The van der Waals surface area contributed by atoms with Gasteiger partial charge in [0.2, 0.25) is 0 Å². The van der Waals surface area contributed by atoms with Gasteiger partial charge in [0.05, 0.1) is 5.69 Å². The number of benzene rings is 1. The number of hydrogen-bond acceptors (Lipinski definition) is 4. The number of nitrogens with two attached hydrogens (primary N) is 1. The monoisotopic (exact) mass is 240 g/mol. The highest BCUT2D eigenvalue weighted by atomic mass is 16.3. The Morgan fingerprint density at radius 1 is 1.11 bits per heavy atom. The number of fused-ring (bicyclic) bond motifs is 1. The molecule has 0 saturated carbocycles. The molecule has 0 saturated heterocycles. The van der Waals surface area contributed by atoms with E-state index in [-0.39, 0.29) is 5.75 Å². The largest absolute Gasteiger partial charge is 0.508 e. The number of aromatic nitrogens is 3. The molecular formula is C13H12N4O. The van der Waals surface area contributed by atoms with Gasteiger partial charge in [-0.3, -0.25) is 0 Å². The van der Waals surface area contributed by atoms with Crippen LogP contribution in [0, 0.1) is 0 Å². The van der Waals surface area contributed by atoms with Crippen molar-refractivity contribution in [1.82, 2.24) is 14.6 Å². The molecule has 1 aromatic carbocycles. The maximum atomic E-state index is 9.26. The Morgan fingerprint density at radius 2 is 1.89 bits per heavy atom. The molecule has 0 aliphatic heterocycles. The van der Waals surface area contributed by atoms with E-state index in [0.29, 0.717) is 12.4 Å². The van der Waals surface area contributed by atoms with Crippen molar-refractivity contribution in [1.29, 1.82) is 0 Å². The van der Waals surface area contributed by atoms with Gasteiger partial charge in [-0.1, -0.05) is 6.07 Å². The summed E-state index contributed by atoms with van der Waals surface area (Å²) in [5.74, 6) is 0.848. The Morgan fingerprint density at radius 3 is 2.61 bits per heavy atom. The minimum Gasteiger partial charge on any atom is -0.508 e. The van der Waals surface area contributed by atoms with Crippen LogP contribution in [0.25, 0.3) is 17.0 Å². The standard InChI is InChI=1S/C13H12N4O/c14-8-10-2-1-3-12-15-13(16-17(10)12)9-4-6-11(18)7-5-9/h1-7,18H,8,14H2. The molecule has 3 aromatic rings. The van der Waals surface area contributed by atoms with Crippen LogP contribution in [-0.4, -0.2) is 19.7 Å². The van der Waals surface area contributed by atoms with E-state index >= 15 is 0 Å². The zero-order valence-electron chi connectivity index (χ0n) is 9.61. The third-order valence-corrected chi connectivity index (χ3v) is 2.77. The van der Waals surface area contributed by atoms with Gasteiger partial charge in [-0.15, -0.1) is 5.10 Å². The van der Waals surface area contributed by atoms with Crippen LogP contribution in [0.5, 0.6) is 5.75 Å². The molecule has 0 fully saturated rings. The highest BCUT2D eigenvalue weighted by Gasteiger charge is 2.08. The van der Waals surface area contributed by atoms with Crippen molar-refractivity contribution in [2.45, 2.75) is 6.54 Å². The topological polar surface area (TPSA) is 76.4 Å². The van der Waals surface area contributed by atoms with Crippen molar-refractivity contribution in [2.75, 3.05) is 0 Å². The number of phenols is 1. The minimum atomic E-state index is 0.227. The molecule has 0 amide bonds. The van der Waals surface area contributed by atoms with Gasteiger partial charge in [-0.25, -0.2) is 9.50 Å². The summed E-state index contributed by atoms with van der Waals surface area (Å²) in [6, 6.07) is 12.5. The van der Waals surface area contributed by atoms with Gasteiger partial charge in [0.15, 0.2) is 11.5 Å². The first-order chi connectivity index (χ1) is 8.78. The Labute approximate surface area is 104 Å². The first-order valence-corrected chi connectivity index (χ1v) is 5.62. The van der Waals surface area contributed by atoms with Gasteiger partial charge in [0.1, 0.15) is 5.75 Å². The molecule has 5 nitrogen and oxygen atoms in total. The molecule has 2 heterocycles. The zero-order valence-corrected chi connectivity index (χ0v) is 9.61. The van der Waals surface area contributed by atoms with Gasteiger partial charge >= 0.3 is 0 Å².